The molecule has 0 aliphatic carbocycles. The summed E-state index contributed by atoms with van der Waals surface area (Å²) in [6, 6.07) is 9.59. The largest absolute Gasteiger partial charge is 0.444 e. The second kappa shape index (κ2) is 12.1. The van der Waals surface area contributed by atoms with E-state index in [0.29, 0.717) is 34.3 Å². The van der Waals surface area contributed by atoms with E-state index in [4.69, 9.17) is 33.7 Å². The van der Waals surface area contributed by atoms with Crippen molar-refractivity contribution in [3.05, 3.63) is 63.1 Å². The van der Waals surface area contributed by atoms with Gasteiger partial charge in [0.1, 0.15) is 5.60 Å². The summed E-state index contributed by atoms with van der Waals surface area (Å²) in [7, 11) is -3.92. The molecule has 0 saturated carbocycles. The summed E-state index contributed by atoms with van der Waals surface area (Å²) >= 11 is 12.6. The van der Waals surface area contributed by atoms with Crippen molar-refractivity contribution in [3.8, 4) is 0 Å². The molecular formula is C26H34Cl2N4O5S. The van der Waals surface area contributed by atoms with Crippen LogP contribution in [-0.2, 0) is 27.8 Å². The molecule has 0 bridgehead atoms. The number of alkyl carbamates (subject to hydrolysis) is 1. The van der Waals surface area contributed by atoms with Gasteiger partial charge in [0.25, 0.3) is 5.91 Å². The van der Waals surface area contributed by atoms with E-state index in [1.54, 1.807) is 30.3 Å². The highest BCUT2D eigenvalue weighted by atomic mass is 35.5. The molecule has 2 aromatic rings. The van der Waals surface area contributed by atoms with E-state index in [0.717, 1.165) is 17.3 Å². The smallest absolute Gasteiger partial charge is 0.407 e. The standard InChI is InChI=1S/C26H34Cl2N4O5S/c1-5-38(35,36)32(14-17-7-6-8-19(27)11-17)24(33)21-13-22(28)18(12-23(21)29)15-31-10-9-20(16-31)30-25(34)37-26(2,3)4/h6-8,11-13,20H,5,9-10,14-16,29H2,1-4H3,(H,30,34). The number of carbonyl (C=O) groups is 2. The maximum atomic E-state index is 13.4. The minimum atomic E-state index is -3.92. The zero-order chi connectivity index (χ0) is 28.3. The summed E-state index contributed by atoms with van der Waals surface area (Å²) < 4.78 is 31.8. The van der Waals surface area contributed by atoms with Crippen LogP contribution in [0.3, 0.4) is 0 Å². The lowest BCUT2D eigenvalue weighted by Crippen LogP contribution is -2.40. The van der Waals surface area contributed by atoms with Crippen LogP contribution in [0.4, 0.5) is 10.5 Å². The first-order valence-electron chi connectivity index (χ1n) is 12.3. The number of sulfonamides is 1. The third-order valence-corrected chi connectivity index (χ3v) is 8.26. The number of hydrogen-bond acceptors (Lipinski definition) is 7. The summed E-state index contributed by atoms with van der Waals surface area (Å²) in [5.74, 6) is -1.03. The summed E-state index contributed by atoms with van der Waals surface area (Å²) in [6.07, 6.45) is 0.287. The van der Waals surface area contributed by atoms with Crippen LogP contribution >= 0.6 is 23.2 Å². The van der Waals surface area contributed by atoms with E-state index in [1.165, 1.54) is 13.0 Å². The van der Waals surface area contributed by atoms with Crippen molar-refractivity contribution in [2.24, 2.45) is 0 Å². The molecule has 38 heavy (non-hydrogen) atoms. The summed E-state index contributed by atoms with van der Waals surface area (Å²) in [5, 5.41) is 3.61. The van der Waals surface area contributed by atoms with Crippen molar-refractivity contribution in [1.82, 2.24) is 14.5 Å². The molecule has 0 aromatic heterocycles. The lowest BCUT2D eigenvalue weighted by atomic mass is 10.1. The molecule has 2 amide bonds. The van der Waals surface area contributed by atoms with E-state index in [-0.39, 0.29) is 29.6 Å². The van der Waals surface area contributed by atoms with Gasteiger partial charge in [-0.25, -0.2) is 17.5 Å². The average molecular weight is 586 g/mol. The number of nitrogens with zero attached hydrogens (tertiary/aromatic N) is 2. The Hall–Kier alpha value is -2.53. The van der Waals surface area contributed by atoms with Gasteiger partial charge in [0.15, 0.2) is 0 Å². The van der Waals surface area contributed by atoms with Crippen molar-refractivity contribution in [3.63, 3.8) is 0 Å². The molecule has 2 aromatic carbocycles. The fourth-order valence-corrected chi connectivity index (χ4v) is 5.59. The topological polar surface area (TPSA) is 122 Å². The number of anilines is 1. The number of nitrogens with one attached hydrogen (secondary N) is 1. The minimum Gasteiger partial charge on any atom is -0.444 e. The summed E-state index contributed by atoms with van der Waals surface area (Å²) in [5.41, 5.74) is 7.05. The van der Waals surface area contributed by atoms with Crippen molar-refractivity contribution in [1.29, 1.82) is 0 Å². The van der Waals surface area contributed by atoms with Gasteiger partial charge in [0.05, 0.1) is 17.9 Å². The first-order chi connectivity index (χ1) is 17.7. The van der Waals surface area contributed by atoms with E-state index >= 15 is 0 Å². The fourth-order valence-electron chi connectivity index (χ4n) is 4.14. The van der Waals surface area contributed by atoms with Crippen molar-refractivity contribution < 1.29 is 22.7 Å². The number of nitrogen functional groups attached to an aromatic ring is 1. The number of ether oxygens (including phenoxy) is 1. The van der Waals surface area contributed by atoms with Gasteiger partial charge in [-0.1, -0.05) is 35.3 Å². The molecule has 3 rings (SSSR count). The quantitative estimate of drug-likeness (QED) is 0.432. The first kappa shape index (κ1) is 30.0. The van der Waals surface area contributed by atoms with Crippen LogP contribution in [0.25, 0.3) is 0 Å². The number of likely N-dealkylation sites (tertiary alicyclic amines) is 1. The molecule has 208 valence electrons. The molecule has 1 unspecified atom stereocenters. The molecule has 12 heteroatoms. The van der Waals surface area contributed by atoms with Crippen LogP contribution in [0.5, 0.6) is 0 Å². The van der Waals surface area contributed by atoms with Gasteiger partial charge in [-0.3, -0.25) is 9.69 Å². The molecule has 9 nitrogen and oxygen atoms in total. The van der Waals surface area contributed by atoms with E-state index in [9.17, 15) is 18.0 Å². The lowest BCUT2D eigenvalue weighted by molar-refractivity contribution is 0.0505. The minimum absolute atomic E-state index is 0.00342. The van der Waals surface area contributed by atoms with Crippen LogP contribution in [0.15, 0.2) is 36.4 Å². The zero-order valence-corrected chi connectivity index (χ0v) is 24.3. The van der Waals surface area contributed by atoms with E-state index < -0.39 is 27.6 Å². The van der Waals surface area contributed by atoms with Crippen LogP contribution in [0.1, 0.15) is 55.6 Å². The molecule has 0 spiro atoms. The van der Waals surface area contributed by atoms with Gasteiger partial charge in [-0.2, -0.15) is 0 Å². The summed E-state index contributed by atoms with van der Waals surface area (Å²) in [4.78, 5) is 27.6. The Morgan fingerprint density at radius 1 is 1.21 bits per heavy atom. The summed E-state index contributed by atoms with van der Waals surface area (Å²) in [6.45, 7) is 8.47. The fraction of sp³-hybridized carbons (Fsp3) is 0.462. The van der Waals surface area contributed by atoms with Gasteiger partial charge in [-0.05, 0) is 69.5 Å². The van der Waals surface area contributed by atoms with E-state index in [2.05, 4.69) is 10.2 Å². The van der Waals surface area contributed by atoms with E-state index in [1.807, 2.05) is 20.8 Å². The van der Waals surface area contributed by atoms with Gasteiger partial charge in [-0.15, -0.1) is 0 Å². The van der Waals surface area contributed by atoms with Crippen LogP contribution < -0.4 is 11.1 Å². The third kappa shape index (κ3) is 7.99. The van der Waals surface area contributed by atoms with Crippen LogP contribution in [0.2, 0.25) is 10.0 Å². The number of halogens is 2. The molecule has 0 radical (unpaired) electrons. The number of amides is 2. The lowest BCUT2D eigenvalue weighted by Gasteiger charge is -2.24. The molecule has 1 aliphatic rings. The zero-order valence-electron chi connectivity index (χ0n) is 22.0. The first-order valence-corrected chi connectivity index (χ1v) is 14.6. The third-order valence-electron chi connectivity index (χ3n) is 5.98. The SMILES string of the molecule is CCS(=O)(=O)N(Cc1cccc(Cl)c1)C(=O)c1cc(Cl)c(CN2CCC(NC(=O)OC(C)(C)C)C2)cc1N. The Bertz CT molecular complexity index is 1300. The van der Waals surface area contributed by atoms with Crippen molar-refractivity contribution in [2.45, 2.75) is 58.8 Å². The number of hydrogen-bond donors (Lipinski definition) is 2. The maximum Gasteiger partial charge on any atom is 0.407 e. The van der Waals surface area contributed by atoms with Gasteiger partial charge in [0, 0.05) is 41.4 Å². The van der Waals surface area contributed by atoms with Crippen LogP contribution in [-0.4, -0.2) is 60.1 Å². The van der Waals surface area contributed by atoms with Crippen molar-refractivity contribution >= 4 is 50.9 Å². The number of nitrogens with two attached hydrogens (primary N) is 1. The van der Waals surface area contributed by atoms with Gasteiger partial charge < -0.3 is 15.8 Å². The van der Waals surface area contributed by atoms with Gasteiger partial charge >= 0.3 is 6.09 Å². The Labute approximate surface area is 234 Å². The monoisotopic (exact) mass is 584 g/mol. The number of carbonyl (C=O) groups excluding carboxylic acids is 2. The molecule has 1 heterocycles. The Morgan fingerprint density at radius 2 is 1.92 bits per heavy atom. The normalized spacial score (nSPS) is 16.3. The predicted molar refractivity (Wildman–Crippen MR) is 150 cm³/mol. The second-order valence-corrected chi connectivity index (χ2v) is 13.3. The Balaban J connectivity index is 1.75. The molecule has 1 aliphatic heterocycles. The highest BCUT2D eigenvalue weighted by Crippen LogP contribution is 2.28. The number of rotatable bonds is 8. The number of benzene rings is 2. The van der Waals surface area contributed by atoms with Crippen LogP contribution in [0, 0.1) is 0 Å². The van der Waals surface area contributed by atoms with Crippen molar-refractivity contribution in [2.75, 3.05) is 24.6 Å². The maximum absolute atomic E-state index is 13.4. The predicted octanol–water partition coefficient (Wildman–Crippen LogP) is 4.67. The molecule has 1 atom stereocenters. The highest BCUT2D eigenvalue weighted by Gasteiger charge is 2.30. The molecule has 1 fully saturated rings. The molecule has 3 N–H and O–H groups in total. The Kier molecular flexibility index (Phi) is 9.57. The molecular weight excluding hydrogens is 551 g/mol. The second-order valence-electron chi connectivity index (χ2n) is 10.2. The Morgan fingerprint density at radius 3 is 2.55 bits per heavy atom. The molecule has 1 saturated heterocycles. The average Bonchev–Trinajstić information content (AvgIpc) is 3.24. The highest BCUT2D eigenvalue weighted by molar-refractivity contribution is 7.89. The van der Waals surface area contributed by atoms with Gasteiger partial charge in [0.2, 0.25) is 10.0 Å².